The number of carbonyl (C=O) groups is 2. The third-order valence-corrected chi connectivity index (χ3v) is 4.27. The fourth-order valence-corrected chi connectivity index (χ4v) is 3.54. The van der Waals surface area contributed by atoms with Crippen molar-refractivity contribution in [2.75, 3.05) is 27.7 Å². The standard InChI is InChI=1S/C10H14N3O5S3/c1-13(2)4-7(20-9(14)15)18-10(16)21-8-12-11-6(19-8)5-17-3/h7H,4-5H2,1-3H3. The first kappa shape index (κ1) is 18.2. The largest absolute Gasteiger partial charge is 0.441 e. The maximum atomic E-state index is 11.8. The number of hydrogen-bond donors (Lipinski definition) is 0. The first-order valence-electron chi connectivity index (χ1n) is 5.63. The number of carbonyl (C=O) groups excluding carboxylic acids is 2. The van der Waals surface area contributed by atoms with E-state index in [1.165, 1.54) is 18.4 Å². The Morgan fingerprint density at radius 2 is 2.10 bits per heavy atom. The van der Waals surface area contributed by atoms with E-state index >= 15 is 0 Å². The van der Waals surface area contributed by atoms with Crippen LogP contribution in [0.15, 0.2) is 4.34 Å². The van der Waals surface area contributed by atoms with Crippen LogP contribution in [0, 0.1) is 0 Å². The molecule has 1 heterocycles. The smallest absolute Gasteiger partial charge is 0.417 e. The monoisotopic (exact) mass is 352 g/mol. The molecular weight excluding hydrogens is 338 g/mol. The molecule has 21 heavy (non-hydrogen) atoms. The Balaban J connectivity index is 2.53. The number of rotatable bonds is 7. The summed E-state index contributed by atoms with van der Waals surface area (Å²) in [7, 11) is 5.02. The summed E-state index contributed by atoms with van der Waals surface area (Å²) in [6.45, 7) is 0.576. The molecule has 0 fully saturated rings. The predicted octanol–water partition coefficient (Wildman–Crippen LogP) is 2.08. The maximum absolute atomic E-state index is 11.8. The molecular formula is C10H14N3O5S3. The quantitative estimate of drug-likeness (QED) is 0.414. The van der Waals surface area contributed by atoms with E-state index in [9.17, 15) is 14.7 Å². The van der Waals surface area contributed by atoms with E-state index in [2.05, 4.69) is 10.2 Å². The summed E-state index contributed by atoms with van der Waals surface area (Å²) >= 11 is 2.40. The van der Waals surface area contributed by atoms with Crippen molar-refractivity contribution in [2.45, 2.75) is 16.4 Å². The molecule has 0 amide bonds. The summed E-state index contributed by atoms with van der Waals surface area (Å²) in [5, 5.41) is 16.9. The number of likely N-dealkylation sites (N-methyl/N-ethyl adjacent to an activating group) is 1. The number of ether oxygens (including phenoxy) is 2. The topological polar surface area (TPSA) is 102 Å². The lowest BCUT2D eigenvalue weighted by atomic mass is 10.6. The molecule has 1 atom stereocenters. The molecule has 0 saturated heterocycles. The Kier molecular flexibility index (Phi) is 7.96. The Hall–Kier alpha value is -0.880. The van der Waals surface area contributed by atoms with Gasteiger partial charge >= 0.3 is 10.6 Å². The highest BCUT2D eigenvalue weighted by Crippen LogP contribution is 2.26. The second-order valence-electron chi connectivity index (χ2n) is 3.92. The van der Waals surface area contributed by atoms with Gasteiger partial charge in [0.2, 0.25) is 0 Å². The van der Waals surface area contributed by atoms with Crippen LogP contribution in [0.3, 0.4) is 0 Å². The van der Waals surface area contributed by atoms with E-state index in [1.807, 2.05) is 0 Å². The van der Waals surface area contributed by atoms with Gasteiger partial charge in [-0.25, -0.2) is 14.7 Å². The van der Waals surface area contributed by atoms with Crippen molar-refractivity contribution in [1.29, 1.82) is 0 Å². The molecule has 8 nitrogen and oxygen atoms in total. The summed E-state index contributed by atoms with van der Waals surface area (Å²) in [6.07, 6.45) is 0. The predicted molar refractivity (Wildman–Crippen MR) is 79.0 cm³/mol. The van der Waals surface area contributed by atoms with Gasteiger partial charge in [-0.2, -0.15) is 0 Å². The fraction of sp³-hybridized carbons (Fsp3) is 0.600. The van der Waals surface area contributed by atoms with Crippen LogP contribution in [0.25, 0.3) is 0 Å². The average molecular weight is 352 g/mol. The Bertz CT molecular complexity index is 482. The molecule has 0 aliphatic carbocycles. The SMILES string of the molecule is COCc1nnc(SC(=O)OC(CN(C)C)SC([O])=O)s1. The van der Waals surface area contributed by atoms with E-state index in [4.69, 9.17) is 9.47 Å². The van der Waals surface area contributed by atoms with Gasteiger partial charge in [-0.1, -0.05) is 11.3 Å². The molecule has 117 valence electrons. The minimum Gasteiger partial charge on any atom is -0.441 e. The molecule has 0 bridgehead atoms. The maximum Gasteiger partial charge on any atom is 0.417 e. The molecule has 0 aliphatic heterocycles. The van der Waals surface area contributed by atoms with Crippen molar-refractivity contribution in [2.24, 2.45) is 0 Å². The first-order valence-corrected chi connectivity index (χ1v) is 8.14. The molecule has 11 heteroatoms. The minimum absolute atomic E-state index is 0.260. The molecule has 1 unspecified atom stereocenters. The number of methoxy groups -OCH3 is 1. The van der Waals surface area contributed by atoms with Gasteiger partial charge < -0.3 is 14.4 Å². The van der Waals surface area contributed by atoms with Gasteiger partial charge in [-0.15, -0.1) is 10.2 Å². The van der Waals surface area contributed by atoms with Crippen molar-refractivity contribution >= 4 is 45.5 Å². The molecule has 0 saturated carbocycles. The van der Waals surface area contributed by atoms with Crippen molar-refractivity contribution in [1.82, 2.24) is 15.1 Å². The highest BCUT2D eigenvalue weighted by atomic mass is 32.2. The minimum atomic E-state index is -1.35. The van der Waals surface area contributed by atoms with Crippen molar-refractivity contribution < 1.29 is 24.2 Å². The van der Waals surface area contributed by atoms with Gasteiger partial charge in [-0.05, 0) is 14.1 Å². The van der Waals surface area contributed by atoms with Gasteiger partial charge in [-0.3, -0.25) is 0 Å². The normalized spacial score (nSPS) is 12.4. The first-order chi connectivity index (χ1) is 9.90. The molecule has 0 N–H and O–H groups in total. The van der Waals surface area contributed by atoms with Gasteiger partial charge in [0, 0.05) is 37.2 Å². The van der Waals surface area contributed by atoms with Crippen LogP contribution in [-0.4, -0.2) is 58.9 Å². The van der Waals surface area contributed by atoms with Crippen molar-refractivity contribution in [3.8, 4) is 0 Å². The molecule has 1 rings (SSSR count). The van der Waals surface area contributed by atoms with E-state index in [1.54, 1.807) is 19.0 Å². The van der Waals surface area contributed by atoms with Crippen molar-refractivity contribution in [3.05, 3.63) is 5.01 Å². The summed E-state index contributed by atoms with van der Waals surface area (Å²) in [5.41, 5.74) is -0.851. The van der Waals surface area contributed by atoms with Crippen LogP contribution in [0.2, 0.25) is 0 Å². The zero-order chi connectivity index (χ0) is 15.8. The van der Waals surface area contributed by atoms with E-state index in [-0.39, 0.29) is 6.54 Å². The number of hydrogen-bond acceptors (Lipinski definition) is 10. The van der Waals surface area contributed by atoms with Crippen LogP contribution in [0.5, 0.6) is 0 Å². The van der Waals surface area contributed by atoms with Gasteiger partial charge in [0.05, 0.1) is 6.61 Å². The molecule has 0 aliphatic rings. The van der Waals surface area contributed by atoms with Gasteiger partial charge in [0.15, 0.2) is 9.78 Å². The lowest BCUT2D eigenvalue weighted by molar-refractivity contribution is 0.147. The van der Waals surface area contributed by atoms with E-state index in [0.29, 0.717) is 27.7 Å². The second-order valence-corrected chi connectivity index (χ2v) is 7.26. The van der Waals surface area contributed by atoms with Crippen molar-refractivity contribution in [3.63, 3.8) is 0 Å². The summed E-state index contributed by atoms with van der Waals surface area (Å²) < 4.78 is 10.4. The molecule has 1 radical (unpaired) electrons. The van der Waals surface area contributed by atoms with Crippen LogP contribution in [0.4, 0.5) is 9.59 Å². The molecule has 1 aromatic rings. The van der Waals surface area contributed by atoms with Gasteiger partial charge in [0.25, 0.3) is 0 Å². The molecule has 0 spiro atoms. The third kappa shape index (κ3) is 7.62. The second kappa shape index (κ2) is 9.20. The summed E-state index contributed by atoms with van der Waals surface area (Å²) in [4.78, 5) is 24.1. The highest BCUT2D eigenvalue weighted by molar-refractivity contribution is 8.15. The van der Waals surface area contributed by atoms with Crippen LogP contribution in [0.1, 0.15) is 5.01 Å². The van der Waals surface area contributed by atoms with Crippen LogP contribution >= 0.6 is 34.9 Å². The van der Waals surface area contributed by atoms with Crippen LogP contribution < -0.4 is 0 Å². The lowest BCUT2D eigenvalue weighted by Crippen LogP contribution is -2.27. The highest BCUT2D eigenvalue weighted by Gasteiger charge is 2.22. The Labute approximate surface area is 134 Å². The van der Waals surface area contributed by atoms with E-state index < -0.39 is 16.0 Å². The zero-order valence-electron chi connectivity index (χ0n) is 11.6. The number of aromatic nitrogens is 2. The van der Waals surface area contributed by atoms with E-state index in [0.717, 1.165) is 11.8 Å². The summed E-state index contributed by atoms with van der Waals surface area (Å²) in [6, 6.07) is 0. The number of nitrogens with zero attached hydrogens (tertiary/aromatic N) is 3. The lowest BCUT2D eigenvalue weighted by Gasteiger charge is -2.18. The Morgan fingerprint density at radius 3 is 2.67 bits per heavy atom. The zero-order valence-corrected chi connectivity index (χ0v) is 14.0. The number of thioether (sulfide) groups is 2. The molecule has 0 aromatic carbocycles. The van der Waals surface area contributed by atoms with Gasteiger partial charge in [0.1, 0.15) is 5.01 Å². The fourth-order valence-electron chi connectivity index (χ4n) is 1.17. The summed E-state index contributed by atoms with van der Waals surface area (Å²) in [5.74, 6) is 0. The average Bonchev–Trinajstić information content (AvgIpc) is 2.74. The molecule has 1 aromatic heterocycles. The van der Waals surface area contributed by atoms with Crippen LogP contribution in [-0.2, 0) is 21.2 Å². The Morgan fingerprint density at radius 1 is 1.38 bits per heavy atom. The third-order valence-electron chi connectivity index (χ3n) is 1.86.